The number of thiophene rings is 1. The van der Waals surface area contributed by atoms with E-state index >= 15 is 0 Å². The van der Waals surface area contributed by atoms with E-state index in [2.05, 4.69) is 143 Å². The number of para-hydroxylation sites is 3. The minimum absolute atomic E-state index is 1.18. The summed E-state index contributed by atoms with van der Waals surface area (Å²) in [7, 11) is 0. The molecular weight excluding hydrogens is 492 g/mol. The number of benzene rings is 6. The van der Waals surface area contributed by atoms with Crippen molar-refractivity contribution in [1.82, 2.24) is 9.13 Å². The lowest BCUT2D eigenvalue weighted by Gasteiger charge is -2.10. The summed E-state index contributed by atoms with van der Waals surface area (Å²) in [5, 5.41) is 7.80. The lowest BCUT2D eigenvalue weighted by Crippen LogP contribution is -1.95. The summed E-state index contributed by atoms with van der Waals surface area (Å²) in [6.45, 7) is 0. The van der Waals surface area contributed by atoms with Crippen molar-refractivity contribution in [3.05, 3.63) is 133 Å². The highest BCUT2D eigenvalue weighted by Crippen LogP contribution is 2.45. The van der Waals surface area contributed by atoms with Crippen molar-refractivity contribution in [2.24, 2.45) is 0 Å². The van der Waals surface area contributed by atoms with Gasteiger partial charge >= 0.3 is 0 Å². The smallest absolute Gasteiger partial charge is 0.0719 e. The molecule has 0 radical (unpaired) electrons. The van der Waals surface area contributed by atoms with E-state index in [1.165, 1.54) is 75.2 Å². The Morgan fingerprint density at radius 2 is 0.974 bits per heavy atom. The van der Waals surface area contributed by atoms with Gasteiger partial charge in [0.2, 0.25) is 0 Å². The molecule has 0 unspecified atom stereocenters. The number of hydrogen-bond acceptors (Lipinski definition) is 1. The molecule has 3 aromatic heterocycles. The van der Waals surface area contributed by atoms with Gasteiger partial charge in [-0.2, -0.15) is 0 Å². The van der Waals surface area contributed by atoms with E-state index in [-0.39, 0.29) is 0 Å². The lowest BCUT2D eigenvalue weighted by atomic mass is 10.1. The van der Waals surface area contributed by atoms with Crippen LogP contribution in [0.4, 0.5) is 0 Å². The van der Waals surface area contributed by atoms with E-state index in [0.717, 1.165) is 0 Å². The Bertz CT molecular complexity index is 2370. The van der Waals surface area contributed by atoms with Crippen molar-refractivity contribution >= 4 is 75.1 Å². The van der Waals surface area contributed by atoms with Crippen LogP contribution in [0.3, 0.4) is 0 Å². The maximum Gasteiger partial charge on any atom is 0.0719 e. The Morgan fingerprint density at radius 3 is 1.77 bits per heavy atom. The van der Waals surface area contributed by atoms with Gasteiger partial charge in [-0.1, -0.05) is 84.9 Å². The molecule has 39 heavy (non-hydrogen) atoms. The Balaban J connectivity index is 1.53. The highest BCUT2D eigenvalue weighted by Gasteiger charge is 2.20. The molecule has 0 N–H and O–H groups in total. The van der Waals surface area contributed by atoms with E-state index in [4.69, 9.17) is 0 Å². The number of fused-ring (bicyclic) bond motifs is 10. The molecule has 2 nitrogen and oxygen atoms in total. The molecule has 0 aliphatic carbocycles. The predicted octanol–water partition coefficient (Wildman–Crippen LogP) is 10.2. The molecule has 182 valence electrons. The van der Waals surface area contributed by atoms with Crippen molar-refractivity contribution in [1.29, 1.82) is 0 Å². The van der Waals surface area contributed by atoms with Gasteiger partial charge < -0.3 is 9.13 Å². The fourth-order valence-corrected chi connectivity index (χ4v) is 7.68. The summed E-state index contributed by atoms with van der Waals surface area (Å²) >= 11 is 1.90. The molecule has 0 bridgehead atoms. The number of nitrogens with zero attached hydrogens (tertiary/aromatic N) is 2. The van der Waals surface area contributed by atoms with Crippen LogP contribution in [0, 0.1) is 0 Å². The third kappa shape index (κ3) is 2.85. The van der Waals surface area contributed by atoms with Gasteiger partial charge in [0.25, 0.3) is 0 Å². The van der Waals surface area contributed by atoms with Crippen LogP contribution in [0.15, 0.2) is 133 Å². The number of hydrogen-bond donors (Lipinski definition) is 0. The summed E-state index contributed by atoms with van der Waals surface area (Å²) in [6.07, 6.45) is 0. The van der Waals surface area contributed by atoms with Crippen molar-refractivity contribution in [3.63, 3.8) is 0 Å². The van der Waals surface area contributed by atoms with Crippen molar-refractivity contribution in [2.45, 2.75) is 0 Å². The van der Waals surface area contributed by atoms with Gasteiger partial charge in [-0.05, 0) is 48.5 Å². The van der Waals surface area contributed by atoms with Crippen molar-refractivity contribution in [2.75, 3.05) is 0 Å². The lowest BCUT2D eigenvalue weighted by molar-refractivity contribution is 1.17. The first-order valence-corrected chi connectivity index (χ1v) is 14.1. The van der Waals surface area contributed by atoms with E-state index in [1.54, 1.807) is 0 Å². The van der Waals surface area contributed by atoms with Crippen LogP contribution >= 0.6 is 11.3 Å². The van der Waals surface area contributed by atoms with Crippen LogP contribution in [0.1, 0.15) is 0 Å². The molecule has 9 rings (SSSR count). The topological polar surface area (TPSA) is 9.86 Å². The third-order valence-corrected chi connectivity index (χ3v) is 9.29. The normalized spacial score (nSPS) is 12.1. The van der Waals surface area contributed by atoms with Crippen LogP contribution in [-0.2, 0) is 0 Å². The monoisotopic (exact) mass is 514 g/mol. The zero-order chi connectivity index (χ0) is 25.5. The summed E-state index contributed by atoms with van der Waals surface area (Å²) in [5.41, 5.74) is 7.34. The Kier molecular flexibility index (Phi) is 4.24. The zero-order valence-corrected chi connectivity index (χ0v) is 21.8. The van der Waals surface area contributed by atoms with Gasteiger partial charge in [0.15, 0.2) is 0 Å². The van der Waals surface area contributed by atoms with Crippen molar-refractivity contribution in [3.8, 4) is 11.4 Å². The Labute approximate surface area is 228 Å². The molecule has 6 aromatic carbocycles. The molecule has 0 spiro atoms. The highest BCUT2D eigenvalue weighted by atomic mass is 32.1. The maximum absolute atomic E-state index is 2.48. The highest BCUT2D eigenvalue weighted by molar-refractivity contribution is 7.26. The second-order valence-electron chi connectivity index (χ2n) is 10.2. The molecule has 0 atom stereocenters. The van der Waals surface area contributed by atoms with Gasteiger partial charge in [-0.25, -0.2) is 0 Å². The van der Waals surface area contributed by atoms with Crippen molar-refractivity contribution < 1.29 is 0 Å². The predicted molar refractivity (Wildman–Crippen MR) is 168 cm³/mol. The average Bonchev–Trinajstić information content (AvgIpc) is 3.64. The van der Waals surface area contributed by atoms with E-state index in [1.807, 2.05) is 11.3 Å². The first-order chi connectivity index (χ1) is 19.4. The zero-order valence-electron chi connectivity index (χ0n) is 21.0. The summed E-state index contributed by atoms with van der Waals surface area (Å²) in [4.78, 5) is 0. The Hall–Kier alpha value is -4.86. The number of aromatic nitrogens is 2. The van der Waals surface area contributed by atoms with Gasteiger partial charge in [-0.3, -0.25) is 0 Å². The van der Waals surface area contributed by atoms with Gasteiger partial charge in [-0.15, -0.1) is 11.3 Å². The molecule has 3 heteroatoms. The quantitative estimate of drug-likeness (QED) is 0.217. The van der Waals surface area contributed by atoms with Crippen LogP contribution in [-0.4, -0.2) is 9.13 Å². The first-order valence-electron chi connectivity index (χ1n) is 13.3. The maximum atomic E-state index is 2.48. The largest absolute Gasteiger partial charge is 0.309 e. The molecule has 0 saturated heterocycles. The number of rotatable bonds is 2. The summed E-state index contributed by atoms with van der Waals surface area (Å²) < 4.78 is 7.56. The van der Waals surface area contributed by atoms with E-state index in [9.17, 15) is 0 Å². The SMILES string of the molecule is c1ccc(-n2c3ccccc3c3cc4c5ccc6c7ccccc7sc6c5n(-c5ccccc5)c4cc32)cc1. The molecule has 0 fully saturated rings. The second kappa shape index (κ2) is 7.83. The molecular formula is C36H22N2S. The summed E-state index contributed by atoms with van der Waals surface area (Å²) in [6, 6.07) is 48.6. The molecule has 0 aliphatic rings. The molecule has 9 aromatic rings. The standard InChI is InChI=1S/C36H22N2S/c1-3-11-23(12-4-1)37-31-17-9-7-15-25(31)29-21-30-27-19-20-28-26-16-8-10-18-34(26)39-36(28)35(27)38(33(30)22-32(29)37)24-13-5-2-6-14-24/h1-22H. The minimum atomic E-state index is 1.18. The molecule has 0 saturated carbocycles. The van der Waals surface area contributed by atoms with Crippen LogP contribution < -0.4 is 0 Å². The van der Waals surface area contributed by atoms with Gasteiger partial charge in [0, 0.05) is 48.4 Å². The molecule has 3 heterocycles. The van der Waals surface area contributed by atoms with Crippen LogP contribution in [0.2, 0.25) is 0 Å². The van der Waals surface area contributed by atoms with Gasteiger partial charge in [0.05, 0.1) is 26.8 Å². The first kappa shape index (κ1) is 21.1. The van der Waals surface area contributed by atoms with E-state index < -0.39 is 0 Å². The average molecular weight is 515 g/mol. The fourth-order valence-electron chi connectivity index (χ4n) is 6.44. The Morgan fingerprint density at radius 1 is 0.385 bits per heavy atom. The molecule has 0 amide bonds. The van der Waals surface area contributed by atoms with E-state index in [0.29, 0.717) is 0 Å². The second-order valence-corrected chi connectivity index (χ2v) is 11.2. The van der Waals surface area contributed by atoms with Crippen LogP contribution in [0.25, 0.3) is 75.2 Å². The summed E-state index contributed by atoms with van der Waals surface area (Å²) in [5.74, 6) is 0. The van der Waals surface area contributed by atoms with Crippen LogP contribution in [0.5, 0.6) is 0 Å². The third-order valence-electron chi connectivity index (χ3n) is 8.09. The van der Waals surface area contributed by atoms with Gasteiger partial charge in [0.1, 0.15) is 0 Å². The minimum Gasteiger partial charge on any atom is -0.309 e. The molecule has 0 aliphatic heterocycles. The fraction of sp³-hybridized carbons (Fsp3) is 0.